The van der Waals surface area contributed by atoms with E-state index in [2.05, 4.69) is 0 Å². The summed E-state index contributed by atoms with van der Waals surface area (Å²) < 4.78 is 40.3. The molecule has 1 fully saturated rings. The number of hydrogen-bond acceptors (Lipinski definition) is 3. The highest BCUT2D eigenvalue weighted by Gasteiger charge is 2.35. The largest absolute Gasteiger partial charge is 0.339 e. The molecule has 2 aromatic rings. The maximum atomic E-state index is 13.1. The molecule has 0 radical (unpaired) electrons. The van der Waals surface area contributed by atoms with Gasteiger partial charge in [0.15, 0.2) is 0 Å². The van der Waals surface area contributed by atoms with E-state index < -0.39 is 21.8 Å². The van der Waals surface area contributed by atoms with Crippen molar-refractivity contribution in [3.05, 3.63) is 64.9 Å². The Bertz CT molecular complexity index is 964. The molecule has 0 bridgehead atoms. The van der Waals surface area contributed by atoms with Crippen molar-refractivity contribution in [2.45, 2.75) is 30.7 Å². The lowest BCUT2D eigenvalue weighted by Gasteiger charge is -2.35. The number of nitrogens with zero attached hydrogens (tertiary/aromatic N) is 2. The SMILES string of the molecule is CC(c1ccc(Cl)cc1)N(C)C(=O)C1CCCN(S(=O)(=O)c2ccc(F)cc2)C1. The maximum Gasteiger partial charge on any atom is 0.243 e. The standard InChI is InChI=1S/C21H24ClFN2O3S/c1-15(16-5-7-18(22)8-6-16)24(2)21(26)17-4-3-13-25(14-17)29(27,28)20-11-9-19(23)10-12-20/h5-12,15,17H,3-4,13-14H2,1-2H3. The van der Waals surface area contributed by atoms with Gasteiger partial charge in [-0.25, -0.2) is 12.8 Å². The van der Waals surface area contributed by atoms with E-state index in [9.17, 15) is 17.6 Å². The fraction of sp³-hybridized carbons (Fsp3) is 0.381. The van der Waals surface area contributed by atoms with Gasteiger partial charge in [0.1, 0.15) is 5.82 Å². The van der Waals surface area contributed by atoms with Gasteiger partial charge in [-0.05, 0) is 61.7 Å². The first-order valence-electron chi connectivity index (χ1n) is 9.48. The molecule has 1 heterocycles. The normalized spacial score (nSPS) is 19.0. The molecule has 0 N–H and O–H groups in total. The predicted molar refractivity (Wildman–Crippen MR) is 111 cm³/mol. The first-order valence-corrected chi connectivity index (χ1v) is 11.3. The van der Waals surface area contributed by atoms with Crippen LogP contribution in [0.5, 0.6) is 0 Å². The molecule has 2 atom stereocenters. The van der Waals surface area contributed by atoms with E-state index in [0.29, 0.717) is 24.4 Å². The van der Waals surface area contributed by atoms with Crippen LogP contribution in [0.25, 0.3) is 0 Å². The molecule has 5 nitrogen and oxygen atoms in total. The van der Waals surface area contributed by atoms with E-state index in [1.54, 1.807) is 24.1 Å². The van der Waals surface area contributed by atoms with E-state index >= 15 is 0 Å². The number of piperidine rings is 1. The molecule has 0 aliphatic carbocycles. The van der Waals surface area contributed by atoms with Crippen LogP contribution in [0, 0.1) is 11.7 Å². The molecule has 8 heteroatoms. The van der Waals surface area contributed by atoms with Gasteiger partial charge in [0, 0.05) is 25.2 Å². The molecular weight excluding hydrogens is 415 g/mol. The smallest absolute Gasteiger partial charge is 0.243 e. The van der Waals surface area contributed by atoms with Gasteiger partial charge in [-0.3, -0.25) is 4.79 Å². The van der Waals surface area contributed by atoms with Crippen molar-refractivity contribution in [2.24, 2.45) is 5.92 Å². The molecule has 0 aromatic heterocycles. The summed E-state index contributed by atoms with van der Waals surface area (Å²) in [4.78, 5) is 14.8. The monoisotopic (exact) mass is 438 g/mol. The van der Waals surface area contributed by atoms with Gasteiger partial charge in [0.2, 0.25) is 15.9 Å². The molecule has 1 amide bonds. The molecule has 0 saturated carbocycles. The summed E-state index contributed by atoms with van der Waals surface area (Å²) in [6.07, 6.45) is 1.23. The molecule has 156 valence electrons. The van der Waals surface area contributed by atoms with Crippen LogP contribution in [0.2, 0.25) is 5.02 Å². The summed E-state index contributed by atoms with van der Waals surface area (Å²) in [7, 11) is -2.04. The van der Waals surface area contributed by atoms with Crippen molar-refractivity contribution >= 4 is 27.5 Å². The zero-order valence-corrected chi connectivity index (χ0v) is 18.0. The fourth-order valence-corrected chi connectivity index (χ4v) is 5.21. The third kappa shape index (κ3) is 4.79. The minimum atomic E-state index is -3.77. The third-order valence-corrected chi connectivity index (χ3v) is 7.60. The Balaban J connectivity index is 1.73. The van der Waals surface area contributed by atoms with Crippen LogP contribution in [-0.4, -0.2) is 43.7 Å². The quantitative estimate of drug-likeness (QED) is 0.706. The number of rotatable bonds is 5. The van der Waals surface area contributed by atoms with Crippen LogP contribution in [0.3, 0.4) is 0 Å². The van der Waals surface area contributed by atoms with Gasteiger partial charge < -0.3 is 4.90 Å². The highest BCUT2D eigenvalue weighted by molar-refractivity contribution is 7.89. The zero-order valence-electron chi connectivity index (χ0n) is 16.4. The summed E-state index contributed by atoms with van der Waals surface area (Å²) in [5.41, 5.74) is 0.955. The van der Waals surface area contributed by atoms with Crippen LogP contribution in [0.4, 0.5) is 4.39 Å². The summed E-state index contributed by atoms with van der Waals surface area (Å²) in [5, 5.41) is 0.629. The van der Waals surface area contributed by atoms with Crippen molar-refractivity contribution in [1.29, 1.82) is 0 Å². The Labute approximate surface area is 176 Å². The Hall–Kier alpha value is -1.96. The number of halogens is 2. The average Bonchev–Trinajstić information content (AvgIpc) is 2.73. The molecule has 3 rings (SSSR count). The molecule has 2 unspecified atom stereocenters. The summed E-state index contributed by atoms with van der Waals surface area (Å²) in [6.45, 7) is 2.40. The highest BCUT2D eigenvalue weighted by Crippen LogP contribution is 2.28. The fourth-order valence-electron chi connectivity index (χ4n) is 3.56. The van der Waals surface area contributed by atoms with Crippen LogP contribution >= 0.6 is 11.6 Å². The highest BCUT2D eigenvalue weighted by atomic mass is 35.5. The van der Waals surface area contributed by atoms with E-state index in [0.717, 1.165) is 17.7 Å². The number of amides is 1. The first kappa shape index (κ1) is 21.7. The Morgan fingerprint density at radius 3 is 2.41 bits per heavy atom. The zero-order chi connectivity index (χ0) is 21.2. The molecule has 1 saturated heterocycles. The number of benzene rings is 2. The summed E-state index contributed by atoms with van der Waals surface area (Å²) in [6, 6.07) is 11.9. The van der Waals surface area contributed by atoms with Crippen molar-refractivity contribution in [2.75, 3.05) is 20.1 Å². The molecule has 29 heavy (non-hydrogen) atoms. The molecule has 0 spiro atoms. The lowest BCUT2D eigenvalue weighted by molar-refractivity contribution is -0.137. The number of carbonyl (C=O) groups is 1. The van der Waals surface area contributed by atoms with E-state index in [-0.39, 0.29) is 23.4 Å². The van der Waals surface area contributed by atoms with Crippen LogP contribution in [0.1, 0.15) is 31.4 Å². The number of hydrogen-bond donors (Lipinski definition) is 0. The molecule has 2 aromatic carbocycles. The van der Waals surface area contributed by atoms with Crippen molar-refractivity contribution in [1.82, 2.24) is 9.21 Å². The number of sulfonamides is 1. The lowest BCUT2D eigenvalue weighted by atomic mass is 9.97. The first-order chi connectivity index (χ1) is 13.7. The third-order valence-electron chi connectivity index (χ3n) is 5.47. The second kappa shape index (κ2) is 8.81. The summed E-state index contributed by atoms with van der Waals surface area (Å²) >= 11 is 5.93. The Morgan fingerprint density at radius 2 is 1.79 bits per heavy atom. The Kier molecular flexibility index (Phi) is 6.61. The average molecular weight is 439 g/mol. The summed E-state index contributed by atoms with van der Waals surface area (Å²) in [5.74, 6) is -1.00. The van der Waals surface area contributed by atoms with Crippen LogP contribution < -0.4 is 0 Å². The minimum Gasteiger partial charge on any atom is -0.339 e. The van der Waals surface area contributed by atoms with Gasteiger partial charge >= 0.3 is 0 Å². The second-order valence-corrected chi connectivity index (χ2v) is 9.71. The molecule has 1 aliphatic rings. The van der Waals surface area contributed by atoms with E-state index in [1.165, 1.54) is 16.4 Å². The maximum absolute atomic E-state index is 13.1. The van der Waals surface area contributed by atoms with Gasteiger partial charge in [-0.1, -0.05) is 23.7 Å². The predicted octanol–water partition coefficient (Wildman–Crippen LogP) is 4.10. The van der Waals surface area contributed by atoms with Crippen LogP contribution in [0.15, 0.2) is 53.4 Å². The number of carbonyl (C=O) groups excluding carboxylic acids is 1. The molecule has 1 aliphatic heterocycles. The van der Waals surface area contributed by atoms with Gasteiger partial charge in [0.05, 0.1) is 16.9 Å². The molecular formula is C21H24ClFN2O3S. The van der Waals surface area contributed by atoms with Crippen LogP contribution in [-0.2, 0) is 14.8 Å². The van der Waals surface area contributed by atoms with E-state index in [4.69, 9.17) is 11.6 Å². The minimum absolute atomic E-state index is 0.0369. The van der Waals surface area contributed by atoms with Crippen molar-refractivity contribution < 1.29 is 17.6 Å². The van der Waals surface area contributed by atoms with Crippen molar-refractivity contribution in [3.63, 3.8) is 0 Å². The second-order valence-electron chi connectivity index (χ2n) is 7.33. The van der Waals surface area contributed by atoms with Gasteiger partial charge in [-0.2, -0.15) is 4.31 Å². The van der Waals surface area contributed by atoms with Crippen molar-refractivity contribution in [3.8, 4) is 0 Å². The van der Waals surface area contributed by atoms with Gasteiger partial charge in [-0.15, -0.1) is 0 Å². The Morgan fingerprint density at radius 1 is 1.17 bits per heavy atom. The van der Waals surface area contributed by atoms with E-state index in [1.807, 2.05) is 19.1 Å². The topological polar surface area (TPSA) is 57.7 Å². The lowest BCUT2D eigenvalue weighted by Crippen LogP contribution is -2.46. The van der Waals surface area contributed by atoms with Gasteiger partial charge in [0.25, 0.3) is 0 Å².